The summed E-state index contributed by atoms with van der Waals surface area (Å²) in [4.78, 5) is 28.8. The molecular weight excluding hydrogens is 388 g/mol. The molecule has 3 rings (SSSR count). The molecule has 2 aromatic rings. The third kappa shape index (κ3) is 5.97. The molecule has 1 atom stereocenters. The van der Waals surface area contributed by atoms with Crippen LogP contribution in [0.25, 0.3) is 0 Å². The third-order valence-corrected chi connectivity index (χ3v) is 5.42. The molecular formula is C23H27ClN2O3. The number of ether oxygens (including phenoxy) is 1. The summed E-state index contributed by atoms with van der Waals surface area (Å²) in [6.07, 6.45) is 0.650. The number of amides is 2. The first-order chi connectivity index (χ1) is 13.9. The van der Waals surface area contributed by atoms with E-state index in [1.807, 2.05) is 4.90 Å². The Morgan fingerprint density at radius 2 is 1.55 bits per heavy atom. The van der Waals surface area contributed by atoms with Gasteiger partial charge in [0.05, 0.1) is 0 Å². The third-order valence-electron chi connectivity index (χ3n) is 5.17. The van der Waals surface area contributed by atoms with Gasteiger partial charge in [-0.05, 0) is 50.1 Å². The van der Waals surface area contributed by atoms with Gasteiger partial charge in [0.1, 0.15) is 5.75 Å². The van der Waals surface area contributed by atoms with E-state index >= 15 is 0 Å². The Labute approximate surface area is 177 Å². The molecule has 0 N–H and O–H groups in total. The largest absolute Gasteiger partial charge is 0.481 e. The normalized spacial score (nSPS) is 15.1. The number of rotatable bonds is 6. The van der Waals surface area contributed by atoms with E-state index in [2.05, 4.69) is 31.2 Å². The minimum Gasteiger partial charge on any atom is -0.481 e. The van der Waals surface area contributed by atoms with Crippen molar-refractivity contribution in [1.82, 2.24) is 9.80 Å². The molecule has 2 aromatic carbocycles. The zero-order valence-corrected chi connectivity index (χ0v) is 17.7. The van der Waals surface area contributed by atoms with Gasteiger partial charge in [0.2, 0.25) is 5.91 Å². The number of benzene rings is 2. The van der Waals surface area contributed by atoms with Crippen LogP contribution < -0.4 is 4.74 Å². The maximum atomic E-state index is 12.7. The second-order valence-corrected chi connectivity index (χ2v) is 7.84. The number of carbonyl (C=O) groups is 2. The van der Waals surface area contributed by atoms with E-state index in [4.69, 9.17) is 16.3 Å². The molecule has 0 radical (unpaired) electrons. The van der Waals surface area contributed by atoms with Crippen molar-refractivity contribution < 1.29 is 14.3 Å². The van der Waals surface area contributed by atoms with Crippen molar-refractivity contribution in [2.24, 2.45) is 0 Å². The minimum absolute atomic E-state index is 0.0632. The van der Waals surface area contributed by atoms with Crippen molar-refractivity contribution in [1.29, 1.82) is 0 Å². The number of aryl methyl sites for hydroxylation is 2. The topological polar surface area (TPSA) is 49.9 Å². The lowest BCUT2D eigenvalue weighted by molar-refractivity contribution is -0.143. The fraction of sp³-hybridized carbons (Fsp3) is 0.391. The van der Waals surface area contributed by atoms with Gasteiger partial charge >= 0.3 is 0 Å². The van der Waals surface area contributed by atoms with Gasteiger partial charge in [-0.25, -0.2) is 0 Å². The van der Waals surface area contributed by atoms with Gasteiger partial charge in [-0.2, -0.15) is 0 Å². The van der Waals surface area contributed by atoms with E-state index in [-0.39, 0.29) is 11.8 Å². The Morgan fingerprint density at radius 1 is 0.966 bits per heavy atom. The molecule has 1 heterocycles. The number of hydrogen-bond acceptors (Lipinski definition) is 3. The van der Waals surface area contributed by atoms with Crippen LogP contribution in [0.4, 0.5) is 0 Å². The van der Waals surface area contributed by atoms with E-state index in [0.29, 0.717) is 43.4 Å². The van der Waals surface area contributed by atoms with E-state index in [9.17, 15) is 9.59 Å². The van der Waals surface area contributed by atoms with Crippen molar-refractivity contribution in [2.45, 2.75) is 32.8 Å². The summed E-state index contributed by atoms with van der Waals surface area (Å²) in [6.45, 7) is 5.98. The smallest absolute Gasteiger partial charge is 0.263 e. The van der Waals surface area contributed by atoms with Crippen LogP contribution in [0.2, 0.25) is 5.02 Å². The Balaban J connectivity index is 1.43. The maximum absolute atomic E-state index is 12.7. The molecule has 0 saturated carbocycles. The van der Waals surface area contributed by atoms with Crippen LogP contribution in [0.15, 0.2) is 48.5 Å². The molecule has 29 heavy (non-hydrogen) atoms. The lowest BCUT2D eigenvalue weighted by atomic mass is 10.1. The van der Waals surface area contributed by atoms with Crippen LogP contribution in [-0.4, -0.2) is 53.9 Å². The molecule has 1 aliphatic heterocycles. The SMILES string of the molecule is Cc1ccc(CCC(=O)N2CCN(C(=O)C(C)Oc3ccc(Cl)cc3)CC2)cc1. The van der Waals surface area contributed by atoms with Gasteiger partial charge in [0.25, 0.3) is 5.91 Å². The molecule has 1 saturated heterocycles. The van der Waals surface area contributed by atoms with Gasteiger partial charge in [-0.3, -0.25) is 9.59 Å². The standard InChI is InChI=1S/C23H27ClN2O3/c1-17-3-5-19(6-4-17)7-12-22(27)25-13-15-26(16-14-25)23(28)18(2)29-21-10-8-20(24)9-11-21/h3-6,8-11,18H,7,12-16H2,1-2H3. The van der Waals surface area contributed by atoms with Gasteiger partial charge in [-0.1, -0.05) is 41.4 Å². The van der Waals surface area contributed by atoms with Crippen molar-refractivity contribution in [3.05, 3.63) is 64.7 Å². The lowest BCUT2D eigenvalue weighted by Gasteiger charge is -2.36. The highest BCUT2D eigenvalue weighted by atomic mass is 35.5. The second-order valence-electron chi connectivity index (χ2n) is 7.41. The molecule has 1 unspecified atom stereocenters. The molecule has 0 bridgehead atoms. The van der Waals surface area contributed by atoms with Crippen LogP contribution in [0.1, 0.15) is 24.5 Å². The van der Waals surface area contributed by atoms with Crippen molar-refractivity contribution in [2.75, 3.05) is 26.2 Å². The summed E-state index contributed by atoms with van der Waals surface area (Å²) in [6, 6.07) is 15.2. The van der Waals surface area contributed by atoms with Crippen LogP contribution in [-0.2, 0) is 16.0 Å². The fourth-order valence-corrected chi connectivity index (χ4v) is 3.49. The highest BCUT2D eigenvalue weighted by Gasteiger charge is 2.27. The molecule has 154 valence electrons. The van der Waals surface area contributed by atoms with E-state index in [1.165, 1.54) is 11.1 Å². The van der Waals surface area contributed by atoms with Gasteiger partial charge < -0.3 is 14.5 Å². The average molecular weight is 415 g/mol. The molecule has 0 spiro atoms. The molecule has 1 fully saturated rings. The first kappa shape index (κ1) is 21.2. The van der Waals surface area contributed by atoms with Crippen LogP contribution in [0, 0.1) is 6.92 Å². The quantitative estimate of drug-likeness (QED) is 0.723. The summed E-state index contributed by atoms with van der Waals surface area (Å²) in [5.41, 5.74) is 2.39. The number of halogens is 1. The summed E-state index contributed by atoms with van der Waals surface area (Å²) in [5, 5.41) is 0.625. The van der Waals surface area contributed by atoms with Crippen LogP contribution >= 0.6 is 11.6 Å². The molecule has 0 aromatic heterocycles. The first-order valence-electron chi connectivity index (χ1n) is 9.97. The fourth-order valence-electron chi connectivity index (χ4n) is 3.37. The van der Waals surface area contributed by atoms with Gasteiger partial charge in [-0.15, -0.1) is 0 Å². The Bertz CT molecular complexity index is 828. The van der Waals surface area contributed by atoms with Crippen molar-refractivity contribution in [3.63, 3.8) is 0 Å². The summed E-state index contributed by atoms with van der Waals surface area (Å²) in [5.74, 6) is 0.690. The first-order valence-corrected chi connectivity index (χ1v) is 10.3. The highest BCUT2D eigenvalue weighted by Crippen LogP contribution is 2.18. The van der Waals surface area contributed by atoms with Gasteiger partial charge in [0.15, 0.2) is 6.10 Å². The van der Waals surface area contributed by atoms with E-state index in [0.717, 1.165) is 6.42 Å². The van der Waals surface area contributed by atoms with Gasteiger partial charge in [0, 0.05) is 37.6 Å². The molecule has 2 amide bonds. The number of hydrogen-bond donors (Lipinski definition) is 0. The Morgan fingerprint density at radius 3 is 2.17 bits per heavy atom. The highest BCUT2D eigenvalue weighted by molar-refractivity contribution is 6.30. The van der Waals surface area contributed by atoms with Crippen LogP contribution in [0.5, 0.6) is 5.75 Å². The number of nitrogens with zero attached hydrogens (tertiary/aromatic N) is 2. The predicted octanol–water partition coefficient (Wildman–Crippen LogP) is 3.72. The zero-order chi connectivity index (χ0) is 20.8. The van der Waals surface area contributed by atoms with Crippen molar-refractivity contribution >= 4 is 23.4 Å². The lowest BCUT2D eigenvalue weighted by Crippen LogP contribution is -2.53. The second kappa shape index (κ2) is 9.79. The summed E-state index contributed by atoms with van der Waals surface area (Å²) < 4.78 is 5.72. The molecule has 1 aliphatic rings. The maximum Gasteiger partial charge on any atom is 0.263 e. The predicted molar refractivity (Wildman–Crippen MR) is 114 cm³/mol. The monoisotopic (exact) mass is 414 g/mol. The molecule has 5 nitrogen and oxygen atoms in total. The molecule has 0 aliphatic carbocycles. The van der Waals surface area contributed by atoms with E-state index in [1.54, 1.807) is 36.1 Å². The number of piperazine rings is 1. The molecule has 6 heteroatoms. The Kier molecular flexibility index (Phi) is 7.15. The van der Waals surface area contributed by atoms with Crippen molar-refractivity contribution in [3.8, 4) is 5.75 Å². The average Bonchev–Trinajstić information content (AvgIpc) is 2.74. The van der Waals surface area contributed by atoms with E-state index < -0.39 is 6.10 Å². The zero-order valence-electron chi connectivity index (χ0n) is 16.9. The summed E-state index contributed by atoms with van der Waals surface area (Å²) in [7, 11) is 0. The minimum atomic E-state index is -0.583. The summed E-state index contributed by atoms with van der Waals surface area (Å²) >= 11 is 5.87. The Hall–Kier alpha value is -2.53. The number of carbonyl (C=O) groups excluding carboxylic acids is 2. The van der Waals surface area contributed by atoms with Crippen LogP contribution in [0.3, 0.4) is 0 Å².